The Morgan fingerprint density at radius 1 is 1.31 bits per heavy atom. The van der Waals surface area contributed by atoms with Gasteiger partial charge in [-0.25, -0.2) is 0 Å². The van der Waals surface area contributed by atoms with Gasteiger partial charge in [-0.2, -0.15) is 0 Å². The Hall–Kier alpha value is -0.340. The molecule has 2 rings (SSSR count). The highest BCUT2D eigenvalue weighted by Gasteiger charge is 2.39. The minimum absolute atomic E-state index is 0.177. The first-order valence-corrected chi connectivity index (χ1v) is 5.20. The van der Waals surface area contributed by atoms with Gasteiger partial charge in [0.05, 0.1) is 12.2 Å². The molecule has 0 radical (unpaired) electrons. The summed E-state index contributed by atoms with van der Waals surface area (Å²) in [6, 6.07) is 0. The summed E-state index contributed by atoms with van der Waals surface area (Å²) in [6.07, 6.45) is 6.29. The molecule has 0 aliphatic heterocycles. The molecule has 74 valence electrons. The third kappa shape index (κ3) is 1.53. The lowest BCUT2D eigenvalue weighted by Crippen LogP contribution is -2.36. The Morgan fingerprint density at radius 3 is 2.85 bits per heavy atom. The van der Waals surface area contributed by atoms with E-state index in [1.54, 1.807) is 0 Å². The van der Waals surface area contributed by atoms with Crippen molar-refractivity contribution in [2.24, 2.45) is 5.41 Å². The molecule has 0 aromatic heterocycles. The molecule has 2 aliphatic carbocycles. The van der Waals surface area contributed by atoms with E-state index in [9.17, 15) is 10.2 Å². The van der Waals surface area contributed by atoms with Gasteiger partial charge < -0.3 is 10.2 Å². The average Bonchev–Trinajstić information content (AvgIpc) is 2.08. The van der Waals surface area contributed by atoms with E-state index >= 15 is 0 Å². The van der Waals surface area contributed by atoms with Crippen molar-refractivity contribution >= 4 is 0 Å². The van der Waals surface area contributed by atoms with Crippen LogP contribution in [0.1, 0.15) is 39.0 Å². The van der Waals surface area contributed by atoms with Gasteiger partial charge in [0.15, 0.2) is 0 Å². The molecule has 0 aromatic rings. The van der Waals surface area contributed by atoms with Gasteiger partial charge in [0.1, 0.15) is 0 Å². The SMILES string of the molecule is C[C@@]12CCCC(O)C1=CC(O)CC2. The van der Waals surface area contributed by atoms with Crippen molar-refractivity contribution < 1.29 is 10.2 Å². The third-order valence-corrected chi connectivity index (χ3v) is 3.63. The van der Waals surface area contributed by atoms with Crippen molar-refractivity contribution in [3.8, 4) is 0 Å². The third-order valence-electron chi connectivity index (χ3n) is 3.63. The summed E-state index contributed by atoms with van der Waals surface area (Å²) in [5, 5.41) is 19.3. The molecule has 3 atom stereocenters. The first kappa shape index (κ1) is 9.22. The summed E-state index contributed by atoms with van der Waals surface area (Å²) >= 11 is 0. The molecule has 0 bridgehead atoms. The fourth-order valence-corrected chi connectivity index (χ4v) is 2.73. The summed E-state index contributed by atoms with van der Waals surface area (Å²) in [4.78, 5) is 0. The zero-order valence-corrected chi connectivity index (χ0v) is 8.16. The van der Waals surface area contributed by atoms with Gasteiger partial charge in [-0.15, -0.1) is 0 Å². The van der Waals surface area contributed by atoms with Crippen molar-refractivity contribution in [1.29, 1.82) is 0 Å². The molecule has 0 heterocycles. The Bertz CT molecular complexity index is 234. The highest BCUT2D eigenvalue weighted by atomic mass is 16.3. The molecule has 2 aliphatic rings. The van der Waals surface area contributed by atoms with E-state index in [1.807, 2.05) is 6.08 Å². The quantitative estimate of drug-likeness (QED) is 0.559. The second kappa shape index (κ2) is 3.10. The molecule has 2 unspecified atom stereocenters. The van der Waals surface area contributed by atoms with Crippen LogP contribution in [-0.2, 0) is 0 Å². The van der Waals surface area contributed by atoms with E-state index in [2.05, 4.69) is 6.92 Å². The van der Waals surface area contributed by atoms with E-state index in [1.165, 1.54) is 6.42 Å². The van der Waals surface area contributed by atoms with Crippen LogP contribution < -0.4 is 0 Å². The minimum Gasteiger partial charge on any atom is -0.389 e. The maximum atomic E-state index is 9.81. The Labute approximate surface area is 79.3 Å². The van der Waals surface area contributed by atoms with Crippen LogP contribution in [0.15, 0.2) is 11.6 Å². The van der Waals surface area contributed by atoms with Crippen molar-refractivity contribution in [3.63, 3.8) is 0 Å². The van der Waals surface area contributed by atoms with Gasteiger partial charge in [-0.1, -0.05) is 13.0 Å². The second-order valence-corrected chi connectivity index (χ2v) is 4.70. The van der Waals surface area contributed by atoms with Crippen molar-refractivity contribution in [1.82, 2.24) is 0 Å². The normalized spacial score (nSPS) is 45.3. The topological polar surface area (TPSA) is 40.5 Å². The summed E-state index contributed by atoms with van der Waals surface area (Å²) in [6.45, 7) is 2.22. The standard InChI is InChI=1S/C11H18O2/c1-11-5-2-3-10(13)9(11)7-8(12)4-6-11/h7-8,10,12-13H,2-6H2,1H3/t8?,10?,11-/m0/s1. The number of aliphatic hydroxyl groups is 2. The van der Waals surface area contributed by atoms with E-state index in [-0.39, 0.29) is 17.6 Å². The van der Waals surface area contributed by atoms with Gasteiger partial charge in [0.25, 0.3) is 0 Å². The van der Waals surface area contributed by atoms with E-state index < -0.39 is 0 Å². The van der Waals surface area contributed by atoms with Gasteiger partial charge in [-0.05, 0) is 43.1 Å². The second-order valence-electron chi connectivity index (χ2n) is 4.70. The molecule has 13 heavy (non-hydrogen) atoms. The fraction of sp³-hybridized carbons (Fsp3) is 0.818. The number of hydrogen-bond acceptors (Lipinski definition) is 2. The average molecular weight is 182 g/mol. The number of fused-ring (bicyclic) bond motifs is 1. The lowest BCUT2D eigenvalue weighted by Gasteiger charge is -2.43. The van der Waals surface area contributed by atoms with Crippen LogP contribution in [0.5, 0.6) is 0 Å². The number of aliphatic hydroxyl groups excluding tert-OH is 2. The predicted molar refractivity (Wildman–Crippen MR) is 51.3 cm³/mol. The molecule has 0 saturated heterocycles. The number of rotatable bonds is 0. The van der Waals surface area contributed by atoms with Crippen molar-refractivity contribution in [2.45, 2.75) is 51.2 Å². The molecule has 1 saturated carbocycles. The summed E-state index contributed by atoms with van der Waals surface area (Å²) in [5.41, 5.74) is 1.27. The fourth-order valence-electron chi connectivity index (χ4n) is 2.73. The molecule has 1 fully saturated rings. The Morgan fingerprint density at radius 2 is 2.08 bits per heavy atom. The molecule has 2 heteroatoms. The molecule has 2 nitrogen and oxygen atoms in total. The zero-order valence-electron chi connectivity index (χ0n) is 8.16. The Kier molecular flexibility index (Phi) is 2.20. The molecule has 2 N–H and O–H groups in total. The maximum Gasteiger partial charge on any atom is 0.0756 e. The molecule has 0 amide bonds. The van der Waals surface area contributed by atoms with Crippen LogP contribution in [0.3, 0.4) is 0 Å². The van der Waals surface area contributed by atoms with Crippen molar-refractivity contribution in [2.75, 3.05) is 0 Å². The van der Waals surface area contributed by atoms with Crippen LogP contribution >= 0.6 is 0 Å². The van der Waals surface area contributed by atoms with Crippen LogP contribution in [0, 0.1) is 5.41 Å². The molecule has 0 aromatic carbocycles. The predicted octanol–water partition coefficient (Wildman–Crippen LogP) is 1.62. The highest BCUT2D eigenvalue weighted by Crippen LogP contribution is 2.46. The van der Waals surface area contributed by atoms with E-state index in [0.717, 1.165) is 31.3 Å². The zero-order chi connectivity index (χ0) is 9.47. The lowest BCUT2D eigenvalue weighted by molar-refractivity contribution is 0.0895. The first-order chi connectivity index (χ1) is 6.12. The van der Waals surface area contributed by atoms with E-state index in [0.29, 0.717) is 0 Å². The maximum absolute atomic E-state index is 9.81. The van der Waals surface area contributed by atoms with Crippen LogP contribution in [0.4, 0.5) is 0 Å². The van der Waals surface area contributed by atoms with Crippen LogP contribution in [-0.4, -0.2) is 22.4 Å². The molecule has 0 spiro atoms. The van der Waals surface area contributed by atoms with Gasteiger partial charge >= 0.3 is 0 Å². The lowest BCUT2D eigenvalue weighted by atomic mass is 9.65. The monoisotopic (exact) mass is 182 g/mol. The molecular weight excluding hydrogens is 164 g/mol. The Balaban J connectivity index is 2.29. The smallest absolute Gasteiger partial charge is 0.0756 e. The van der Waals surface area contributed by atoms with Crippen LogP contribution in [0.2, 0.25) is 0 Å². The highest BCUT2D eigenvalue weighted by molar-refractivity contribution is 5.24. The van der Waals surface area contributed by atoms with Crippen LogP contribution in [0.25, 0.3) is 0 Å². The van der Waals surface area contributed by atoms with Gasteiger partial charge in [-0.3, -0.25) is 0 Å². The minimum atomic E-state index is -0.323. The van der Waals surface area contributed by atoms with Gasteiger partial charge in [0.2, 0.25) is 0 Å². The van der Waals surface area contributed by atoms with Gasteiger partial charge in [0, 0.05) is 0 Å². The summed E-state index contributed by atoms with van der Waals surface area (Å²) in [5.74, 6) is 0. The van der Waals surface area contributed by atoms with E-state index in [4.69, 9.17) is 0 Å². The molecular formula is C11H18O2. The first-order valence-electron chi connectivity index (χ1n) is 5.20. The summed E-state index contributed by atoms with van der Waals surface area (Å²) in [7, 11) is 0. The number of hydrogen-bond donors (Lipinski definition) is 2. The largest absolute Gasteiger partial charge is 0.389 e. The summed E-state index contributed by atoms with van der Waals surface area (Å²) < 4.78 is 0. The van der Waals surface area contributed by atoms with Crippen molar-refractivity contribution in [3.05, 3.63) is 11.6 Å².